The summed E-state index contributed by atoms with van der Waals surface area (Å²) in [4.78, 5) is 12.5. The van der Waals surface area contributed by atoms with E-state index in [4.69, 9.17) is 9.47 Å². The fourth-order valence-electron chi connectivity index (χ4n) is 6.14. The molecule has 6 heteroatoms. The second-order valence-electron chi connectivity index (χ2n) is 9.11. The van der Waals surface area contributed by atoms with Gasteiger partial charge in [-0.15, -0.1) is 0 Å². The number of ether oxygens (including phenoxy) is 2. The maximum Gasteiger partial charge on any atom is 0.422 e. The van der Waals surface area contributed by atoms with Gasteiger partial charge in [0, 0.05) is 19.5 Å². The largest absolute Gasteiger partial charge is 0.497 e. The Balaban J connectivity index is 1.56. The zero-order valence-corrected chi connectivity index (χ0v) is 18.8. The van der Waals surface area contributed by atoms with Gasteiger partial charge in [-0.05, 0) is 73.1 Å². The van der Waals surface area contributed by atoms with Gasteiger partial charge in [0.25, 0.3) is 0 Å². The van der Waals surface area contributed by atoms with Crippen molar-refractivity contribution in [2.45, 2.75) is 55.9 Å². The summed E-state index contributed by atoms with van der Waals surface area (Å²) in [5.74, 6) is 2.80. The molecule has 1 N–H and O–H groups in total. The van der Waals surface area contributed by atoms with Crippen molar-refractivity contribution in [3.05, 3.63) is 29.3 Å². The minimum Gasteiger partial charge on any atom is -0.497 e. The van der Waals surface area contributed by atoms with Gasteiger partial charge in [0.05, 0.1) is 11.9 Å². The monoisotopic (exact) mass is 450 g/mol. The molecule has 2 saturated carbocycles. The van der Waals surface area contributed by atoms with E-state index in [1.54, 1.807) is 26.2 Å². The summed E-state index contributed by atoms with van der Waals surface area (Å²) in [7, 11) is 5.33. The number of nitrogens with zero attached hydrogens (tertiary/aromatic N) is 1. The summed E-state index contributed by atoms with van der Waals surface area (Å²) >= 11 is 3.86. The summed E-state index contributed by atoms with van der Waals surface area (Å²) in [6.45, 7) is 2.34. The Bertz CT molecular complexity index is 755. The van der Waals surface area contributed by atoms with Crippen LogP contribution in [0.3, 0.4) is 0 Å². The van der Waals surface area contributed by atoms with Crippen LogP contribution in [0.1, 0.15) is 49.7 Å². The molecular weight excluding hydrogens is 420 g/mol. The first kappa shape index (κ1) is 20.0. The summed E-state index contributed by atoms with van der Waals surface area (Å²) in [6.07, 6.45) is 5.20. The first-order valence-electron chi connectivity index (χ1n) is 10.3. The molecular formula is C22H31BrN2O3. The molecule has 28 heavy (non-hydrogen) atoms. The highest BCUT2D eigenvalue weighted by Gasteiger charge is 2.59. The lowest BCUT2D eigenvalue weighted by Gasteiger charge is -2.50. The molecule has 4 rings (SSSR count). The van der Waals surface area contributed by atoms with Gasteiger partial charge in [0.1, 0.15) is 11.9 Å². The fourth-order valence-corrected chi connectivity index (χ4v) is 7.26. The van der Waals surface area contributed by atoms with Crippen molar-refractivity contribution in [1.29, 1.82) is 0 Å². The van der Waals surface area contributed by atoms with E-state index in [2.05, 4.69) is 46.5 Å². The van der Waals surface area contributed by atoms with Crippen molar-refractivity contribution < 1.29 is 14.3 Å². The van der Waals surface area contributed by atoms with Gasteiger partial charge >= 0.3 is 6.09 Å². The number of hydrogen-bond acceptors (Lipinski definition) is 4. The van der Waals surface area contributed by atoms with Crippen LogP contribution in [-0.2, 0) is 11.2 Å². The average molecular weight is 451 g/mol. The Morgan fingerprint density at radius 2 is 2.11 bits per heavy atom. The molecule has 154 valence electrons. The number of alkyl halides is 1. The molecule has 5 nitrogen and oxygen atoms in total. The summed E-state index contributed by atoms with van der Waals surface area (Å²) in [6, 6.07) is 6.61. The molecule has 0 unspecified atom stereocenters. The van der Waals surface area contributed by atoms with E-state index in [0.717, 1.165) is 31.4 Å². The van der Waals surface area contributed by atoms with Gasteiger partial charge in [-0.3, -0.25) is 5.43 Å². The molecule has 6 atom stereocenters. The van der Waals surface area contributed by atoms with E-state index >= 15 is 0 Å². The Labute approximate surface area is 176 Å². The molecule has 0 aliphatic heterocycles. The number of carbonyl (C=O) groups excluding carboxylic acids is 1. The molecule has 0 bridgehead atoms. The number of amides is 1. The van der Waals surface area contributed by atoms with Crippen LogP contribution in [0, 0.1) is 17.3 Å². The predicted molar refractivity (Wildman–Crippen MR) is 113 cm³/mol. The maximum atomic E-state index is 12.3. The molecule has 1 aromatic rings. The van der Waals surface area contributed by atoms with E-state index < -0.39 is 0 Å². The van der Waals surface area contributed by atoms with Crippen LogP contribution in [-0.4, -0.2) is 43.2 Å². The number of benzene rings is 1. The number of carbonyl (C=O) groups is 1. The van der Waals surface area contributed by atoms with Gasteiger partial charge < -0.3 is 9.47 Å². The normalized spacial score (nSPS) is 36.3. The highest BCUT2D eigenvalue weighted by Crippen LogP contribution is 2.62. The maximum absolute atomic E-state index is 12.3. The molecule has 2 fully saturated rings. The Hall–Kier alpha value is -1.27. The lowest BCUT2D eigenvalue weighted by atomic mass is 9.55. The quantitative estimate of drug-likeness (QED) is 0.543. The van der Waals surface area contributed by atoms with Gasteiger partial charge in [0.2, 0.25) is 0 Å². The number of hydrazine groups is 1. The van der Waals surface area contributed by atoms with Crippen molar-refractivity contribution in [2.75, 3.05) is 21.2 Å². The van der Waals surface area contributed by atoms with Gasteiger partial charge in [-0.1, -0.05) is 28.9 Å². The number of aryl methyl sites for hydroxylation is 1. The summed E-state index contributed by atoms with van der Waals surface area (Å²) < 4.78 is 11.4. The summed E-state index contributed by atoms with van der Waals surface area (Å²) in [5.41, 5.74) is 5.72. The smallest absolute Gasteiger partial charge is 0.422 e. The highest BCUT2D eigenvalue weighted by molar-refractivity contribution is 9.09. The zero-order valence-electron chi connectivity index (χ0n) is 17.2. The van der Waals surface area contributed by atoms with Crippen molar-refractivity contribution in [3.63, 3.8) is 0 Å². The van der Waals surface area contributed by atoms with E-state index in [9.17, 15) is 4.79 Å². The summed E-state index contributed by atoms with van der Waals surface area (Å²) in [5, 5.41) is 1.63. The van der Waals surface area contributed by atoms with Crippen LogP contribution in [0.4, 0.5) is 4.79 Å². The standard InChI is InChI=1S/C22H31BrN2O3/c1-22-10-9-16-15-8-6-14(27-4)11-13(15)5-7-17(16)18(22)12-19(23)20(22)28-21(26)24-25(2)3/h6,8,11,16-20H,5,7,9-10,12H2,1-4H3,(H,24,26)/t16-,17-,18+,19-,20+,22+/m1/s1. The number of methoxy groups -OCH3 is 1. The molecule has 3 aliphatic rings. The number of rotatable bonds is 3. The third-order valence-electron chi connectivity index (χ3n) is 7.38. The fraction of sp³-hybridized carbons (Fsp3) is 0.682. The minimum absolute atomic E-state index is 0.0307. The second-order valence-corrected chi connectivity index (χ2v) is 10.3. The van der Waals surface area contributed by atoms with Crippen molar-refractivity contribution in [1.82, 2.24) is 10.4 Å². The van der Waals surface area contributed by atoms with Crippen molar-refractivity contribution in [3.8, 4) is 5.75 Å². The first-order valence-corrected chi connectivity index (χ1v) is 11.2. The van der Waals surface area contributed by atoms with Crippen LogP contribution in [0.15, 0.2) is 18.2 Å². The molecule has 1 amide bonds. The van der Waals surface area contributed by atoms with Gasteiger partial charge in [-0.2, -0.15) is 0 Å². The van der Waals surface area contributed by atoms with Crippen molar-refractivity contribution in [2.24, 2.45) is 17.3 Å². The Morgan fingerprint density at radius 3 is 2.82 bits per heavy atom. The van der Waals surface area contributed by atoms with Crippen LogP contribution < -0.4 is 10.2 Å². The van der Waals surface area contributed by atoms with Crippen LogP contribution in [0.25, 0.3) is 0 Å². The topological polar surface area (TPSA) is 50.8 Å². The Kier molecular flexibility index (Phi) is 5.38. The number of hydrogen-bond donors (Lipinski definition) is 1. The molecule has 0 spiro atoms. The van der Waals surface area contributed by atoms with Gasteiger partial charge in [-0.25, -0.2) is 9.80 Å². The van der Waals surface area contributed by atoms with E-state index in [-0.39, 0.29) is 22.4 Å². The van der Waals surface area contributed by atoms with E-state index in [0.29, 0.717) is 17.8 Å². The molecule has 3 aliphatic carbocycles. The third kappa shape index (κ3) is 3.32. The van der Waals surface area contributed by atoms with Crippen LogP contribution in [0.5, 0.6) is 5.75 Å². The van der Waals surface area contributed by atoms with Gasteiger partial charge in [0.15, 0.2) is 0 Å². The van der Waals surface area contributed by atoms with Crippen molar-refractivity contribution >= 4 is 22.0 Å². The third-order valence-corrected chi connectivity index (χ3v) is 8.23. The molecule has 0 saturated heterocycles. The molecule has 0 heterocycles. The first-order chi connectivity index (χ1) is 13.3. The predicted octanol–water partition coefficient (Wildman–Crippen LogP) is 4.50. The number of halogens is 1. The van der Waals surface area contributed by atoms with Crippen LogP contribution in [0.2, 0.25) is 0 Å². The minimum atomic E-state index is -0.357. The Morgan fingerprint density at radius 1 is 1.32 bits per heavy atom. The lowest BCUT2D eigenvalue weighted by Crippen LogP contribution is -2.48. The number of fused-ring (bicyclic) bond motifs is 5. The lowest BCUT2D eigenvalue weighted by molar-refractivity contribution is -0.0336. The van der Waals surface area contributed by atoms with E-state index in [1.165, 1.54) is 17.5 Å². The molecule has 1 aromatic carbocycles. The molecule has 0 radical (unpaired) electrons. The highest BCUT2D eigenvalue weighted by atomic mass is 79.9. The van der Waals surface area contributed by atoms with Crippen LogP contribution >= 0.6 is 15.9 Å². The van der Waals surface area contributed by atoms with E-state index in [1.807, 2.05) is 0 Å². The zero-order chi connectivity index (χ0) is 20.1. The number of nitrogens with one attached hydrogen (secondary N) is 1. The average Bonchev–Trinajstić information content (AvgIpc) is 2.91. The molecule has 0 aromatic heterocycles. The SMILES string of the molecule is COc1ccc2c(c1)CC[C@@H]1[C@@H]2CC[C@@]2(C)[C@H]1C[C@@H](Br)[C@@H]2OC(=O)NN(C)C. The second kappa shape index (κ2) is 7.52.